The van der Waals surface area contributed by atoms with E-state index in [-0.39, 0.29) is 23.7 Å². The van der Waals surface area contributed by atoms with Crippen LogP contribution in [0.2, 0.25) is 0 Å². The van der Waals surface area contributed by atoms with E-state index in [1.54, 1.807) is 11.8 Å². The van der Waals surface area contributed by atoms with Gasteiger partial charge in [0, 0.05) is 24.0 Å². The average Bonchev–Trinajstić information content (AvgIpc) is 2.71. The normalized spacial score (nSPS) is 20.4. The van der Waals surface area contributed by atoms with Crippen LogP contribution in [0.4, 0.5) is 10.7 Å². The van der Waals surface area contributed by atoms with E-state index in [0.717, 1.165) is 11.3 Å². The molecule has 0 amide bonds. The molecule has 0 bridgehead atoms. The predicted octanol–water partition coefficient (Wildman–Crippen LogP) is 1.33. The van der Waals surface area contributed by atoms with Crippen molar-refractivity contribution in [1.29, 1.82) is 0 Å². The zero-order valence-corrected chi connectivity index (χ0v) is 12.6. The van der Waals surface area contributed by atoms with Gasteiger partial charge in [0.05, 0.1) is 22.5 Å². The Morgan fingerprint density at radius 3 is 2.75 bits per heavy atom. The second-order valence-corrected chi connectivity index (χ2v) is 8.13. The summed E-state index contributed by atoms with van der Waals surface area (Å²) in [5.41, 5.74) is -0.0646. The van der Waals surface area contributed by atoms with E-state index in [0.29, 0.717) is 22.8 Å². The molecule has 1 aromatic heterocycles. The van der Waals surface area contributed by atoms with Gasteiger partial charge in [0.15, 0.2) is 14.8 Å². The van der Waals surface area contributed by atoms with Crippen LogP contribution in [-0.4, -0.2) is 43.0 Å². The Bertz CT molecular complexity index is 608. The molecule has 0 saturated carbocycles. The molecule has 1 aliphatic rings. The first-order valence-electron chi connectivity index (χ1n) is 6.22. The number of hydrogen-bond donors (Lipinski definition) is 1. The van der Waals surface area contributed by atoms with E-state index < -0.39 is 20.9 Å². The fourth-order valence-electron chi connectivity index (χ4n) is 2.09. The molecule has 1 fully saturated rings. The topological polar surface area (TPSA) is 101 Å². The summed E-state index contributed by atoms with van der Waals surface area (Å²) in [5, 5.41) is 21.1. The van der Waals surface area contributed by atoms with Crippen molar-refractivity contribution >= 4 is 31.9 Å². The van der Waals surface area contributed by atoms with Crippen molar-refractivity contribution in [1.82, 2.24) is 0 Å². The van der Waals surface area contributed by atoms with Gasteiger partial charge >= 0.3 is 5.69 Å². The number of aliphatic hydroxyl groups is 1. The lowest BCUT2D eigenvalue weighted by atomic mass is 10.3. The quantitative estimate of drug-likeness (QED) is 0.666. The second-order valence-electron chi connectivity index (χ2n) is 4.76. The van der Waals surface area contributed by atoms with E-state index >= 15 is 0 Å². The van der Waals surface area contributed by atoms with Crippen LogP contribution in [-0.2, 0) is 9.84 Å². The highest BCUT2D eigenvalue weighted by atomic mass is 32.2. The van der Waals surface area contributed by atoms with Gasteiger partial charge in [-0.3, -0.25) is 10.1 Å². The number of aliphatic hydroxyl groups excluding tert-OH is 1. The number of nitro groups is 1. The highest BCUT2D eigenvalue weighted by Gasteiger charge is 2.28. The third-order valence-corrected chi connectivity index (χ3v) is 6.23. The number of hydrogen-bond acceptors (Lipinski definition) is 7. The first-order chi connectivity index (χ1) is 9.30. The van der Waals surface area contributed by atoms with Crippen molar-refractivity contribution in [2.45, 2.75) is 19.4 Å². The number of thiophene rings is 1. The Labute approximate surface area is 120 Å². The molecule has 0 unspecified atom stereocenters. The van der Waals surface area contributed by atoms with E-state index in [1.165, 1.54) is 6.07 Å². The molecule has 112 valence electrons. The van der Waals surface area contributed by atoms with E-state index in [1.807, 2.05) is 0 Å². The summed E-state index contributed by atoms with van der Waals surface area (Å²) in [4.78, 5) is 12.9. The highest BCUT2D eigenvalue weighted by Crippen LogP contribution is 2.40. The minimum Gasteiger partial charge on any atom is -0.388 e. The standard InChI is InChI=1S/C11H16N2O5S2/c1-8(14)10-7-9(13(15)16)11(19-10)12-3-2-5-20(17,18)6-4-12/h7-8,14H,2-6H2,1H3/t8-/m0/s1. The van der Waals surface area contributed by atoms with Crippen LogP contribution < -0.4 is 4.90 Å². The fourth-order valence-corrected chi connectivity index (χ4v) is 4.48. The van der Waals surface area contributed by atoms with Gasteiger partial charge < -0.3 is 10.0 Å². The number of anilines is 1. The van der Waals surface area contributed by atoms with Crippen LogP contribution in [0.1, 0.15) is 24.3 Å². The van der Waals surface area contributed by atoms with Crippen molar-refractivity contribution < 1.29 is 18.4 Å². The number of nitrogens with zero attached hydrogens (tertiary/aromatic N) is 2. The molecule has 9 heteroatoms. The molecular formula is C11H16N2O5S2. The zero-order chi connectivity index (χ0) is 14.9. The van der Waals surface area contributed by atoms with E-state index in [4.69, 9.17) is 0 Å². The first-order valence-corrected chi connectivity index (χ1v) is 8.85. The van der Waals surface area contributed by atoms with Crippen LogP contribution in [0.5, 0.6) is 0 Å². The maximum atomic E-state index is 11.6. The summed E-state index contributed by atoms with van der Waals surface area (Å²) in [6, 6.07) is 1.37. The van der Waals surface area contributed by atoms with Crippen molar-refractivity contribution in [3.63, 3.8) is 0 Å². The molecule has 1 saturated heterocycles. The predicted molar refractivity (Wildman–Crippen MR) is 77.1 cm³/mol. The molecule has 1 aromatic rings. The van der Waals surface area contributed by atoms with Gasteiger partial charge in [-0.1, -0.05) is 0 Å². The van der Waals surface area contributed by atoms with Gasteiger partial charge in [-0.2, -0.15) is 0 Å². The van der Waals surface area contributed by atoms with Gasteiger partial charge in [0.2, 0.25) is 0 Å². The maximum Gasteiger partial charge on any atom is 0.304 e. The molecule has 1 N–H and O–H groups in total. The van der Waals surface area contributed by atoms with E-state index in [9.17, 15) is 23.6 Å². The fraction of sp³-hybridized carbons (Fsp3) is 0.636. The Morgan fingerprint density at radius 1 is 1.45 bits per heavy atom. The Kier molecular flexibility index (Phi) is 4.31. The summed E-state index contributed by atoms with van der Waals surface area (Å²) in [6.45, 7) is 2.27. The van der Waals surface area contributed by atoms with Crippen LogP contribution >= 0.6 is 11.3 Å². The average molecular weight is 320 g/mol. The smallest absolute Gasteiger partial charge is 0.304 e. The zero-order valence-electron chi connectivity index (χ0n) is 11.0. The molecule has 0 spiro atoms. The van der Waals surface area contributed by atoms with Crippen molar-refractivity contribution in [2.75, 3.05) is 29.5 Å². The van der Waals surface area contributed by atoms with Crippen molar-refractivity contribution in [3.8, 4) is 0 Å². The van der Waals surface area contributed by atoms with E-state index in [2.05, 4.69) is 0 Å². The molecule has 0 aliphatic carbocycles. The highest BCUT2D eigenvalue weighted by molar-refractivity contribution is 7.91. The van der Waals surface area contributed by atoms with Crippen molar-refractivity contribution in [2.24, 2.45) is 0 Å². The van der Waals surface area contributed by atoms with Crippen molar-refractivity contribution in [3.05, 3.63) is 21.1 Å². The largest absolute Gasteiger partial charge is 0.388 e. The lowest BCUT2D eigenvalue weighted by Gasteiger charge is -2.19. The maximum absolute atomic E-state index is 11.6. The van der Waals surface area contributed by atoms with Gasteiger partial charge in [-0.05, 0) is 13.3 Å². The molecule has 1 aliphatic heterocycles. The molecular weight excluding hydrogens is 304 g/mol. The third-order valence-electron chi connectivity index (χ3n) is 3.16. The molecule has 20 heavy (non-hydrogen) atoms. The number of sulfone groups is 1. The van der Waals surface area contributed by atoms with Gasteiger partial charge in [0.1, 0.15) is 0 Å². The minimum atomic E-state index is -3.06. The third kappa shape index (κ3) is 3.28. The number of rotatable bonds is 3. The molecule has 2 rings (SSSR count). The molecule has 1 atom stereocenters. The monoisotopic (exact) mass is 320 g/mol. The summed E-state index contributed by atoms with van der Waals surface area (Å²) in [5.74, 6) is 0.123. The Balaban J connectivity index is 2.33. The molecule has 0 aromatic carbocycles. The Morgan fingerprint density at radius 2 is 2.15 bits per heavy atom. The molecule has 0 radical (unpaired) electrons. The minimum absolute atomic E-state index is 0.00602. The van der Waals surface area contributed by atoms with Gasteiger partial charge in [-0.25, -0.2) is 8.42 Å². The van der Waals surface area contributed by atoms with Crippen LogP contribution in [0.25, 0.3) is 0 Å². The molecule has 2 heterocycles. The summed E-state index contributed by atoms with van der Waals surface area (Å²) in [6.07, 6.45) is -0.315. The molecule has 7 nitrogen and oxygen atoms in total. The summed E-state index contributed by atoms with van der Waals surface area (Å²) in [7, 11) is -3.06. The van der Waals surface area contributed by atoms with Gasteiger partial charge in [-0.15, -0.1) is 11.3 Å². The van der Waals surface area contributed by atoms with Gasteiger partial charge in [0.25, 0.3) is 0 Å². The SMILES string of the molecule is C[C@H](O)c1cc([N+](=O)[O-])c(N2CCCS(=O)(=O)CC2)s1. The van der Waals surface area contributed by atoms with Crippen LogP contribution in [0.3, 0.4) is 0 Å². The second kappa shape index (κ2) is 5.66. The lowest BCUT2D eigenvalue weighted by Crippen LogP contribution is -2.26. The van der Waals surface area contributed by atoms with Crippen LogP contribution in [0, 0.1) is 10.1 Å². The summed E-state index contributed by atoms with van der Waals surface area (Å²) >= 11 is 1.15. The lowest BCUT2D eigenvalue weighted by molar-refractivity contribution is -0.383. The Hall–Kier alpha value is -1.19. The first kappa shape index (κ1) is 15.2. The van der Waals surface area contributed by atoms with Crippen LogP contribution in [0.15, 0.2) is 6.07 Å². The summed E-state index contributed by atoms with van der Waals surface area (Å²) < 4.78 is 23.2.